The van der Waals surface area contributed by atoms with Crippen LogP contribution >= 0.6 is 11.6 Å². The van der Waals surface area contributed by atoms with Crippen molar-refractivity contribution >= 4 is 11.6 Å². The van der Waals surface area contributed by atoms with E-state index >= 15 is 0 Å². The van der Waals surface area contributed by atoms with E-state index in [1.54, 1.807) is 18.5 Å². The van der Waals surface area contributed by atoms with Crippen LogP contribution in [0.4, 0.5) is 4.39 Å². The van der Waals surface area contributed by atoms with Gasteiger partial charge in [0.05, 0.1) is 19.2 Å². The van der Waals surface area contributed by atoms with E-state index in [0.29, 0.717) is 28.5 Å². The van der Waals surface area contributed by atoms with Crippen molar-refractivity contribution in [3.8, 4) is 5.88 Å². The summed E-state index contributed by atoms with van der Waals surface area (Å²) in [5.41, 5.74) is 1.48. The van der Waals surface area contributed by atoms with Crippen LogP contribution in [0.2, 0.25) is 5.02 Å². The molecule has 174 valence electrons. The molecule has 2 aliphatic rings. The van der Waals surface area contributed by atoms with Gasteiger partial charge >= 0.3 is 0 Å². The van der Waals surface area contributed by atoms with E-state index in [-0.39, 0.29) is 12.4 Å². The number of likely N-dealkylation sites (tertiary alicyclic amines) is 1. The van der Waals surface area contributed by atoms with Gasteiger partial charge < -0.3 is 14.0 Å². The summed E-state index contributed by atoms with van der Waals surface area (Å²) in [6.45, 7) is 4.54. The molecule has 2 aliphatic heterocycles. The van der Waals surface area contributed by atoms with Crippen molar-refractivity contribution in [3.05, 3.63) is 70.6 Å². The number of hydrogen-bond donors (Lipinski definition) is 0. The molecule has 2 saturated heterocycles. The highest BCUT2D eigenvalue weighted by molar-refractivity contribution is 6.30. The standard InChI is InChI=1S/C24H27ClFN5O2/c25-19-5-4-18(21(26)12-19)15-33-24-3-1-2-22(28-24)17-6-9-30(10-7-17)14-23-29-27-16-31(23)13-20-8-11-32-20/h1-5,12,16-17,20H,6-11,13-15H2/t20-/m0/s1. The molecule has 2 fully saturated rings. The summed E-state index contributed by atoms with van der Waals surface area (Å²) in [5.74, 6) is 1.50. The van der Waals surface area contributed by atoms with E-state index in [1.165, 1.54) is 6.07 Å². The summed E-state index contributed by atoms with van der Waals surface area (Å²) in [6, 6.07) is 10.4. The molecule has 0 aliphatic carbocycles. The number of nitrogens with zero attached hydrogens (tertiary/aromatic N) is 5. The van der Waals surface area contributed by atoms with Gasteiger partial charge in [0.1, 0.15) is 24.6 Å². The molecule has 2 aromatic heterocycles. The van der Waals surface area contributed by atoms with Crippen LogP contribution in [0.25, 0.3) is 0 Å². The van der Waals surface area contributed by atoms with Crippen molar-refractivity contribution in [2.75, 3.05) is 19.7 Å². The number of aromatic nitrogens is 4. The fourth-order valence-electron chi connectivity index (χ4n) is 4.32. The highest BCUT2D eigenvalue weighted by Crippen LogP contribution is 2.29. The lowest BCUT2D eigenvalue weighted by Crippen LogP contribution is -2.35. The number of halogens is 2. The fraction of sp³-hybridized carbons (Fsp3) is 0.458. The Hall–Kier alpha value is -2.55. The molecular weight excluding hydrogens is 445 g/mol. The quantitative estimate of drug-likeness (QED) is 0.490. The summed E-state index contributed by atoms with van der Waals surface area (Å²) in [6.07, 6.45) is 5.23. The summed E-state index contributed by atoms with van der Waals surface area (Å²) >= 11 is 5.82. The predicted molar refractivity (Wildman–Crippen MR) is 122 cm³/mol. The molecule has 5 rings (SSSR count). The second-order valence-corrected chi connectivity index (χ2v) is 9.09. The Morgan fingerprint density at radius 2 is 2.00 bits per heavy atom. The van der Waals surface area contributed by atoms with Crippen LogP contribution < -0.4 is 4.74 Å². The van der Waals surface area contributed by atoms with Crippen molar-refractivity contribution in [2.45, 2.75) is 51.0 Å². The summed E-state index contributed by atoms with van der Waals surface area (Å²) in [5, 5.41) is 8.79. The van der Waals surface area contributed by atoms with Gasteiger partial charge in [-0.05, 0) is 50.6 Å². The van der Waals surface area contributed by atoms with Crippen LogP contribution in [0.1, 0.15) is 42.3 Å². The van der Waals surface area contributed by atoms with Gasteiger partial charge in [0, 0.05) is 34.9 Å². The van der Waals surface area contributed by atoms with E-state index in [9.17, 15) is 4.39 Å². The topological polar surface area (TPSA) is 65.3 Å². The highest BCUT2D eigenvalue weighted by atomic mass is 35.5. The molecule has 0 unspecified atom stereocenters. The van der Waals surface area contributed by atoms with Gasteiger partial charge in [0.15, 0.2) is 0 Å². The second kappa shape index (κ2) is 10.2. The molecule has 0 amide bonds. The van der Waals surface area contributed by atoms with Gasteiger partial charge in [0.2, 0.25) is 5.88 Å². The molecule has 3 aromatic rings. The van der Waals surface area contributed by atoms with E-state index in [4.69, 9.17) is 26.1 Å². The number of rotatable bonds is 8. The number of hydrogen-bond acceptors (Lipinski definition) is 6. The van der Waals surface area contributed by atoms with Crippen molar-refractivity contribution in [1.29, 1.82) is 0 Å². The van der Waals surface area contributed by atoms with Gasteiger partial charge in [-0.2, -0.15) is 0 Å². The molecule has 0 spiro atoms. The lowest BCUT2D eigenvalue weighted by molar-refractivity contribution is -0.0598. The van der Waals surface area contributed by atoms with E-state index < -0.39 is 0 Å². The third kappa shape index (κ3) is 5.51. The summed E-state index contributed by atoms with van der Waals surface area (Å²) < 4.78 is 27.4. The minimum absolute atomic E-state index is 0.116. The molecule has 1 atom stereocenters. The molecule has 1 aromatic carbocycles. The maximum absolute atomic E-state index is 14.0. The first-order valence-electron chi connectivity index (χ1n) is 11.4. The van der Waals surface area contributed by atoms with E-state index in [2.05, 4.69) is 19.7 Å². The van der Waals surface area contributed by atoms with Gasteiger partial charge in [-0.3, -0.25) is 4.90 Å². The normalized spacial score (nSPS) is 19.4. The molecule has 7 nitrogen and oxygen atoms in total. The van der Waals surface area contributed by atoms with Gasteiger partial charge in [0.25, 0.3) is 0 Å². The minimum atomic E-state index is -0.373. The molecule has 0 N–H and O–H groups in total. The third-order valence-corrected chi connectivity index (χ3v) is 6.63. The molecule has 9 heteroatoms. The maximum Gasteiger partial charge on any atom is 0.213 e. The number of ether oxygens (including phenoxy) is 2. The Labute approximate surface area is 197 Å². The Morgan fingerprint density at radius 1 is 1.15 bits per heavy atom. The van der Waals surface area contributed by atoms with Crippen molar-refractivity contribution in [1.82, 2.24) is 24.6 Å². The highest BCUT2D eigenvalue weighted by Gasteiger charge is 2.24. The molecule has 4 heterocycles. The Kier molecular flexibility index (Phi) is 6.85. The van der Waals surface area contributed by atoms with Crippen LogP contribution in [-0.2, 0) is 24.4 Å². The Morgan fingerprint density at radius 3 is 2.76 bits per heavy atom. The molecule has 0 saturated carbocycles. The van der Waals surface area contributed by atoms with Crippen molar-refractivity contribution in [3.63, 3.8) is 0 Å². The van der Waals surface area contributed by atoms with Crippen molar-refractivity contribution < 1.29 is 13.9 Å². The smallest absolute Gasteiger partial charge is 0.213 e. The zero-order chi connectivity index (χ0) is 22.6. The number of benzene rings is 1. The minimum Gasteiger partial charge on any atom is -0.473 e. The summed E-state index contributed by atoms with van der Waals surface area (Å²) in [7, 11) is 0. The maximum atomic E-state index is 14.0. The fourth-order valence-corrected chi connectivity index (χ4v) is 4.48. The monoisotopic (exact) mass is 471 g/mol. The Bertz CT molecular complexity index is 1080. The lowest BCUT2D eigenvalue weighted by atomic mass is 9.93. The first-order valence-corrected chi connectivity index (χ1v) is 11.8. The number of pyridine rings is 1. The molecular formula is C24H27ClFN5O2. The van der Waals surface area contributed by atoms with Crippen LogP contribution in [0.5, 0.6) is 5.88 Å². The largest absolute Gasteiger partial charge is 0.473 e. The van der Waals surface area contributed by atoms with E-state index in [1.807, 2.05) is 18.2 Å². The average Bonchev–Trinajstić information content (AvgIpc) is 3.23. The van der Waals surface area contributed by atoms with Crippen LogP contribution in [0.3, 0.4) is 0 Å². The zero-order valence-corrected chi connectivity index (χ0v) is 19.1. The van der Waals surface area contributed by atoms with Crippen molar-refractivity contribution in [2.24, 2.45) is 0 Å². The average molecular weight is 472 g/mol. The zero-order valence-electron chi connectivity index (χ0n) is 18.4. The first-order chi connectivity index (χ1) is 16.1. The number of piperidine rings is 1. The van der Waals surface area contributed by atoms with Crippen LogP contribution in [0, 0.1) is 5.82 Å². The molecule has 0 radical (unpaired) electrons. The van der Waals surface area contributed by atoms with E-state index in [0.717, 1.165) is 63.6 Å². The Balaban J connectivity index is 1.14. The SMILES string of the molecule is Fc1cc(Cl)ccc1COc1cccc(C2CCN(Cc3nncn3C[C@@H]3CCO3)CC2)n1. The lowest BCUT2D eigenvalue weighted by Gasteiger charge is -2.32. The third-order valence-electron chi connectivity index (χ3n) is 6.40. The summed E-state index contributed by atoms with van der Waals surface area (Å²) in [4.78, 5) is 7.11. The van der Waals surface area contributed by atoms with Gasteiger partial charge in [-0.25, -0.2) is 9.37 Å². The van der Waals surface area contributed by atoms with Crippen LogP contribution in [0.15, 0.2) is 42.7 Å². The van der Waals surface area contributed by atoms with Gasteiger partial charge in [-0.15, -0.1) is 10.2 Å². The van der Waals surface area contributed by atoms with Gasteiger partial charge in [-0.1, -0.05) is 23.7 Å². The molecule has 0 bridgehead atoms. The predicted octanol–water partition coefficient (Wildman–Crippen LogP) is 4.21. The molecule has 33 heavy (non-hydrogen) atoms. The second-order valence-electron chi connectivity index (χ2n) is 8.66. The van der Waals surface area contributed by atoms with Crippen LogP contribution in [-0.4, -0.2) is 50.4 Å². The first kappa shape index (κ1) is 22.3.